The molecule has 1 fully saturated rings. The Hall–Kier alpha value is -0.990. The van der Waals surface area contributed by atoms with Crippen molar-refractivity contribution in [2.45, 2.75) is 38.6 Å². The van der Waals surface area contributed by atoms with Gasteiger partial charge < -0.3 is 9.88 Å². The highest BCUT2D eigenvalue weighted by Gasteiger charge is 2.16. The Morgan fingerprint density at radius 2 is 2.15 bits per heavy atom. The molecule has 0 aromatic carbocycles. The molecule has 1 aromatic rings. The molecule has 1 aromatic heterocycles. The van der Waals surface area contributed by atoms with Gasteiger partial charge in [0.15, 0.2) is 0 Å². The van der Waals surface area contributed by atoms with Crippen molar-refractivity contribution >= 4 is 5.95 Å². The molecule has 0 saturated heterocycles. The normalized spacial score (nSPS) is 18.0. The average Bonchev–Trinajstić information content (AvgIpc) is 2.71. The lowest BCUT2D eigenvalue weighted by Crippen LogP contribution is -2.17. The minimum absolute atomic E-state index is 0.653. The Labute approximate surface area is 79.2 Å². The minimum Gasteiger partial charge on any atom is -0.353 e. The van der Waals surface area contributed by atoms with E-state index in [1.165, 1.54) is 31.4 Å². The predicted molar refractivity (Wildman–Crippen MR) is 53.8 cm³/mol. The first kappa shape index (κ1) is 8.60. The molecule has 3 heteroatoms. The van der Waals surface area contributed by atoms with E-state index in [-0.39, 0.29) is 0 Å². The third-order valence-corrected chi connectivity index (χ3v) is 2.91. The van der Waals surface area contributed by atoms with Gasteiger partial charge >= 0.3 is 0 Å². The van der Waals surface area contributed by atoms with E-state index in [1.807, 2.05) is 6.20 Å². The van der Waals surface area contributed by atoms with E-state index in [2.05, 4.69) is 28.8 Å². The number of hydrogen-bond acceptors (Lipinski definition) is 2. The molecule has 2 rings (SSSR count). The summed E-state index contributed by atoms with van der Waals surface area (Å²) in [6.45, 7) is 2.08. The number of anilines is 1. The molecule has 0 unspecified atom stereocenters. The molecular formula is C10H17N3. The van der Waals surface area contributed by atoms with Gasteiger partial charge in [-0.1, -0.05) is 12.8 Å². The van der Waals surface area contributed by atoms with E-state index in [0.29, 0.717) is 6.04 Å². The SMILES string of the molecule is Cc1cnc(NC2CCCC2)n1C. The summed E-state index contributed by atoms with van der Waals surface area (Å²) in [7, 11) is 2.06. The summed E-state index contributed by atoms with van der Waals surface area (Å²) in [5.74, 6) is 1.02. The van der Waals surface area contributed by atoms with E-state index in [1.54, 1.807) is 0 Å². The van der Waals surface area contributed by atoms with Gasteiger partial charge in [0.05, 0.1) is 6.20 Å². The maximum Gasteiger partial charge on any atom is 0.202 e. The van der Waals surface area contributed by atoms with Crippen LogP contribution in [0.4, 0.5) is 5.95 Å². The molecule has 1 aliphatic carbocycles. The van der Waals surface area contributed by atoms with Gasteiger partial charge in [0.1, 0.15) is 0 Å². The second kappa shape index (κ2) is 3.40. The molecule has 0 radical (unpaired) electrons. The van der Waals surface area contributed by atoms with Crippen molar-refractivity contribution in [1.29, 1.82) is 0 Å². The molecule has 0 spiro atoms. The number of imidazole rings is 1. The summed E-state index contributed by atoms with van der Waals surface area (Å²) >= 11 is 0. The lowest BCUT2D eigenvalue weighted by atomic mass is 10.3. The van der Waals surface area contributed by atoms with Crippen LogP contribution in [0.15, 0.2) is 6.20 Å². The van der Waals surface area contributed by atoms with Crippen LogP contribution in [-0.4, -0.2) is 15.6 Å². The van der Waals surface area contributed by atoms with Crippen LogP contribution in [0.1, 0.15) is 31.4 Å². The van der Waals surface area contributed by atoms with Crippen molar-refractivity contribution in [3.05, 3.63) is 11.9 Å². The smallest absolute Gasteiger partial charge is 0.202 e. The van der Waals surface area contributed by atoms with Gasteiger partial charge in [-0.15, -0.1) is 0 Å². The lowest BCUT2D eigenvalue weighted by molar-refractivity contribution is 0.729. The van der Waals surface area contributed by atoms with Gasteiger partial charge in [-0.25, -0.2) is 4.98 Å². The Morgan fingerprint density at radius 3 is 2.69 bits per heavy atom. The van der Waals surface area contributed by atoms with Crippen molar-refractivity contribution < 1.29 is 0 Å². The second-order valence-electron chi connectivity index (χ2n) is 3.91. The number of nitrogens with zero attached hydrogens (tertiary/aromatic N) is 2. The molecule has 1 aliphatic rings. The van der Waals surface area contributed by atoms with Crippen molar-refractivity contribution in [3.63, 3.8) is 0 Å². The summed E-state index contributed by atoms with van der Waals surface area (Å²) in [6, 6.07) is 0.653. The van der Waals surface area contributed by atoms with Crippen molar-refractivity contribution in [3.8, 4) is 0 Å². The van der Waals surface area contributed by atoms with Crippen LogP contribution < -0.4 is 5.32 Å². The largest absolute Gasteiger partial charge is 0.353 e. The molecule has 3 nitrogen and oxygen atoms in total. The Balaban J connectivity index is 2.04. The van der Waals surface area contributed by atoms with Crippen LogP contribution in [-0.2, 0) is 7.05 Å². The van der Waals surface area contributed by atoms with Gasteiger partial charge in [0.2, 0.25) is 5.95 Å². The topological polar surface area (TPSA) is 29.9 Å². The third-order valence-electron chi connectivity index (χ3n) is 2.91. The first-order chi connectivity index (χ1) is 6.27. The zero-order valence-corrected chi connectivity index (χ0v) is 8.38. The zero-order chi connectivity index (χ0) is 9.26. The second-order valence-corrected chi connectivity index (χ2v) is 3.91. The van der Waals surface area contributed by atoms with E-state index < -0.39 is 0 Å². The molecule has 0 atom stereocenters. The van der Waals surface area contributed by atoms with Crippen LogP contribution in [0.2, 0.25) is 0 Å². The first-order valence-electron chi connectivity index (χ1n) is 5.02. The van der Waals surface area contributed by atoms with Gasteiger partial charge in [-0.2, -0.15) is 0 Å². The summed E-state index contributed by atoms with van der Waals surface area (Å²) in [5.41, 5.74) is 1.21. The third kappa shape index (κ3) is 1.69. The molecular weight excluding hydrogens is 162 g/mol. The zero-order valence-electron chi connectivity index (χ0n) is 8.38. The molecule has 1 N–H and O–H groups in total. The molecule has 1 heterocycles. The van der Waals surface area contributed by atoms with Crippen molar-refractivity contribution in [2.75, 3.05) is 5.32 Å². The number of hydrogen-bond donors (Lipinski definition) is 1. The van der Waals surface area contributed by atoms with E-state index >= 15 is 0 Å². The fourth-order valence-corrected chi connectivity index (χ4v) is 1.88. The summed E-state index contributed by atoms with van der Waals surface area (Å²) in [4.78, 5) is 4.33. The molecule has 0 aliphatic heterocycles. The van der Waals surface area contributed by atoms with E-state index in [4.69, 9.17) is 0 Å². The number of rotatable bonds is 2. The standard InChI is InChI=1S/C10H17N3/c1-8-7-11-10(13(8)2)12-9-5-3-4-6-9/h7,9H,3-6H2,1-2H3,(H,11,12). The maximum absolute atomic E-state index is 4.33. The summed E-state index contributed by atoms with van der Waals surface area (Å²) < 4.78 is 2.11. The predicted octanol–water partition coefficient (Wildman–Crippen LogP) is 2.08. The monoisotopic (exact) mass is 179 g/mol. The average molecular weight is 179 g/mol. The van der Waals surface area contributed by atoms with Gasteiger partial charge in [-0.05, 0) is 19.8 Å². The fraction of sp³-hybridized carbons (Fsp3) is 0.700. The Bertz CT molecular complexity index is 284. The molecule has 0 amide bonds. The molecule has 0 bridgehead atoms. The Morgan fingerprint density at radius 1 is 1.46 bits per heavy atom. The Kier molecular flexibility index (Phi) is 2.25. The van der Waals surface area contributed by atoms with Crippen LogP contribution in [0.25, 0.3) is 0 Å². The van der Waals surface area contributed by atoms with Gasteiger partial charge in [-0.3, -0.25) is 0 Å². The minimum atomic E-state index is 0.653. The van der Waals surface area contributed by atoms with Gasteiger partial charge in [0.25, 0.3) is 0 Å². The molecule has 1 saturated carbocycles. The van der Waals surface area contributed by atoms with E-state index in [9.17, 15) is 0 Å². The fourth-order valence-electron chi connectivity index (χ4n) is 1.88. The van der Waals surface area contributed by atoms with Crippen LogP contribution >= 0.6 is 0 Å². The van der Waals surface area contributed by atoms with Crippen LogP contribution in [0, 0.1) is 6.92 Å². The number of aryl methyl sites for hydroxylation is 1. The van der Waals surface area contributed by atoms with Crippen molar-refractivity contribution in [1.82, 2.24) is 9.55 Å². The first-order valence-corrected chi connectivity index (χ1v) is 5.02. The van der Waals surface area contributed by atoms with Crippen LogP contribution in [0.3, 0.4) is 0 Å². The number of aromatic nitrogens is 2. The quantitative estimate of drug-likeness (QED) is 0.753. The number of nitrogens with one attached hydrogen (secondary N) is 1. The summed E-state index contributed by atoms with van der Waals surface area (Å²) in [6.07, 6.45) is 7.23. The molecule has 72 valence electrons. The van der Waals surface area contributed by atoms with Crippen molar-refractivity contribution in [2.24, 2.45) is 7.05 Å². The summed E-state index contributed by atoms with van der Waals surface area (Å²) in [5, 5.41) is 3.48. The molecule has 13 heavy (non-hydrogen) atoms. The van der Waals surface area contributed by atoms with Gasteiger partial charge in [0, 0.05) is 18.8 Å². The maximum atomic E-state index is 4.33. The van der Waals surface area contributed by atoms with E-state index in [0.717, 1.165) is 5.95 Å². The van der Waals surface area contributed by atoms with Crippen LogP contribution in [0.5, 0.6) is 0 Å². The highest BCUT2D eigenvalue weighted by Crippen LogP contribution is 2.21. The highest BCUT2D eigenvalue weighted by atomic mass is 15.2. The lowest BCUT2D eigenvalue weighted by Gasteiger charge is -2.12. The highest BCUT2D eigenvalue weighted by molar-refractivity contribution is 5.30.